The van der Waals surface area contributed by atoms with Crippen LogP contribution in [-0.4, -0.2) is 73.6 Å². The van der Waals surface area contributed by atoms with Crippen LogP contribution in [0.3, 0.4) is 0 Å². The summed E-state index contributed by atoms with van der Waals surface area (Å²) in [5.41, 5.74) is 0.0164. The molecular weight excluding hydrogens is 416 g/mol. The molecule has 0 aromatic rings. The van der Waals surface area contributed by atoms with Gasteiger partial charge in [-0.15, -0.1) is 0 Å². The van der Waals surface area contributed by atoms with Crippen LogP contribution < -0.4 is 0 Å². The minimum atomic E-state index is -1.29. The molecule has 1 fully saturated rings. The number of hydrogen-bond donors (Lipinski definition) is 0. The molecule has 0 N–H and O–H groups in total. The predicted octanol–water partition coefficient (Wildman–Crippen LogP) is 0.621. The van der Waals surface area contributed by atoms with Crippen molar-refractivity contribution in [2.75, 3.05) is 13.2 Å². The molecule has 1 saturated heterocycles. The normalized spacial score (nSPS) is 25.0. The van der Waals surface area contributed by atoms with E-state index in [0.29, 0.717) is 0 Å². The molecule has 0 aromatic heterocycles. The summed E-state index contributed by atoms with van der Waals surface area (Å²) in [4.78, 5) is 58.4. The molecule has 0 bridgehead atoms. The lowest BCUT2D eigenvalue weighted by molar-refractivity contribution is -0.252. The molecule has 0 saturated carbocycles. The van der Waals surface area contributed by atoms with Crippen molar-refractivity contribution >= 4 is 29.8 Å². The highest BCUT2D eigenvalue weighted by Crippen LogP contribution is 2.32. The first-order valence-electron chi connectivity index (χ1n) is 9.61. The molecule has 174 valence electrons. The molecule has 0 aliphatic carbocycles. The SMILES string of the molecule is C=C(C[C@H]1O[C@H](COC(C)=O)[C@@H](OC(C)=O)[C@H](OC(C)=O)[C@H]1OC(C)=O)C(=O)OCC. The van der Waals surface area contributed by atoms with Crippen molar-refractivity contribution in [1.82, 2.24) is 0 Å². The zero-order valence-corrected chi connectivity index (χ0v) is 18.2. The Kier molecular flexibility index (Phi) is 10.1. The fourth-order valence-electron chi connectivity index (χ4n) is 3.04. The number of esters is 5. The summed E-state index contributed by atoms with van der Waals surface area (Å²) in [5, 5.41) is 0. The maximum Gasteiger partial charge on any atom is 0.333 e. The summed E-state index contributed by atoms with van der Waals surface area (Å²) in [6.45, 7) is 9.62. The number of carbonyl (C=O) groups excluding carboxylic acids is 5. The summed E-state index contributed by atoms with van der Waals surface area (Å²) in [5.74, 6) is -3.50. The fraction of sp³-hybridized carbons (Fsp3) is 0.650. The van der Waals surface area contributed by atoms with Gasteiger partial charge in [-0.3, -0.25) is 19.2 Å². The van der Waals surface area contributed by atoms with E-state index in [1.165, 1.54) is 6.92 Å². The molecule has 1 aliphatic heterocycles. The van der Waals surface area contributed by atoms with Gasteiger partial charge in [0.1, 0.15) is 18.8 Å². The van der Waals surface area contributed by atoms with E-state index in [9.17, 15) is 24.0 Å². The maximum atomic E-state index is 12.0. The van der Waals surface area contributed by atoms with E-state index in [1.54, 1.807) is 6.92 Å². The first kappa shape index (κ1) is 26.1. The van der Waals surface area contributed by atoms with Crippen LogP contribution in [0.4, 0.5) is 0 Å². The minimum absolute atomic E-state index is 0.0164. The Labute approximate surface area is 179 Å². The van der Waals surface area contributed by atoms with Gasteiger partial charge in [-0.2, -0.15) is 0 Å². The Morgan fingerprint density at radius 1 is 0.742 bits per heavy atom. The van der Waals surface area contributed by atoms with Gasteiger partial charge in [0, 0.05) is 39.7 Å². The summed E-state index contributed by atoms with van der Waals surface area (Å²) in [6, 6.07) is 0. The topological polar surface area (TPSA) is 141 Å². The Balaban J connectivity index is 3.33. The second-order valence-corrected chi connectivity index (χ2v) is 6.77. The van der Waals surface area contributed by atoms with Crippen molar-refractivity contribution in [2.24, 2.45) is 0 Å². The Bertz CT molecular complexity index is 714. The molecule has 1 aliphatic rings. The third-order valence-corrected chi connectivity index (χ3v) is 4.10. The van der Waals surface area contributed by atoms with E-state index in [1.807, 2.05) is 0 Å². The third kappa shape index (κ3) is 8.36. The van der Waals surface area contributed by atoms with Crippen molar-refractivity contribution in [3.8, 4) is 0 Å². The quantitative estimate of drug-likeness (QED) is 0.281. The van der Waals surface area contributed by atoms with Gasteiger partial charge >= 0.3 is 29.8 Å². The summed E-state index contributed by atoms with van der Waals surface area (Å²) in [7, 11) is 0. The first-order chi connectivity index (χ1) is 14.5. The molecule has 11 nitrogen and oxygen atoms in total. The standard InChI is InChI=1S/C20H28O11/c1-7-26-20(25)10(2)8-15-17(28-12(4)22)19(30-14(6)24)18(29-13(5)23)16(31-15)9-27-11(3)21/h15-19H,2,7-9H2,1,3-6H3/t15-,16-,17+,18-,19-/m1/s1. The van der Waals surface area contributed by atoms with Crippen LogP contribution in [0, 0.1) is 0 Å². The molecule has 0 unspecified atom stereocenters. The molecular formula is C20H28O11. The highest BCUT2D eigenvalue weighted by molar-refractivity contribution is 5.87. The molecule has 5 atom stereocenters. The number of ether oxygens (including phenoxy) is 6. The molecule has 11 heteroatoms. The van der Waals surface area contributed by atoms with Gasteiger partial charge in [0.25, 0.3) is 0 Å². The fourth-order valence-corrected chi connectivity index (χ4v) is 3.04. The van der Waals surface area contributed by atoms with Crippen LogP contribution in [0.1, 0.15) is 41.0 Å². The average molecular weight is 444 g/mol. The number of carbonyl (C=O) groups is 5. The van der Waals surface area contributed by atoms with Crippen LogP contribution in [0.5, 0.6) is 0 Å². The lowest BCUT2D eigenvalue weighted by Crippen LogP contribution is -2.62. The Morgan fingerprint density at radius 2 is 1.23 bits per heavy atom. The molecule has 1 rings (SSSR count). The smallest absolute Gasteiger partial charge is 0.333 e. The van der Waals surface area contributed by atoms with Gasteiger partial charge in [-0.05, 0) is 6.92 Å². The highest BCUT2D eigenvalue weighted by atomic mass is 16.7. The van der Waals surface area contributed by atoms with Crippen LogP contribution in [-0.2, 0) is 52.4 Å². The monoisotopic (exact) mass is 444 g/mol. The van der Waals surface area contributed by atoms with E-state index in [4.69, 9.17) is 28.4 Å². The van der Waals surface area contributed by atoms with Gasteiger partial charge in [0.05, 0.1) is 6.61 Å². The Morgan fingerprint density at radius 3 is 1.68 bits per heavy atom. The lowest BCUT2D eigenvalue weighted by Gasteiger charge is -2.44. The summed E-state index contributed by atoms with van der Waals surface area (Å²) < 4.78 is 31.7. The molecule has 0 radical (unpaired) electrons. The van der Waals surface area contributed by atoms with Crippen molar-refractivity contribution in [2.45, 2.75) is 71.6 Å². The first-order valence-corrected chi connectivity index (χ1v) is 9.61. The van der Waals surface area contributed by atoms with E-state index in [-0.39, 0.29) is 25.2 Å². The van der Waals surface area contributed by atoms with E-state index in [2.05, 4.69) is 6.58 Å². The van der Waals surface area contributed by atoms with Crippen LogP contribution in [0.15, 0.2) is 12.2 Å². The van der Waals surface area contributed by atoms with Crippen molar-refractivity contribution in [3.63, 3.8) is 0 Å². The van der Waals surface area contributed by atoms with Gasteiger partial charge in [0.2, 0.25) is 0 Å². The molecule has 31 heavy (non-hydrogen) atoms. The number of rotatable bonds is 9. The summed E-state index contributed by atoms with van der Waals surface area (Å²) >= 11 is 0. The zero-order valence-electron chi connectivity index (χ0n) is 18.2. The third-order valence-electron chi connectivity index (χ3n) is 4.10. The minimum Gasteiger partial charge on any atom is -0.463 e. The van der Waals surface area contributed by atoms with E-state index in [0.717, 1.165) is 20.8 Å². The van der Waals surface area contributed by atoms with Crippen molar-refractivity contribution < 1.29 is 52.4 Å². The maximum absolute atomic E-state index is 12.0. The second-order valence-electron chi connectivity index (χ2n) is 6.77. The van der Waals surface area contributed by atoms with Crippen LogP contribution in [0.2, 0.25) is 0 Å². The van der Waals surface area contributed by atoms with Crippen LogP contribution in [0.25, 0.3) is 0 Å². The zero-order chi connectivity index (χ0) is 23.7. The van der Waals surface area contributed by atoms with E-state index < -0.39 is 60.4 Å². The molecule has 0 spiro atoms. The van der Waals surface area contributed by atoms with Crippen molar-refractivity contribution in [1.29, 1.82) is 0 Å². The van der Waals surface area contributed by atoms with E-state index >= 15 is 0 Å². The predicted molar refractivity (Wildman–Crippen MR) is 102 cm³/mol. The van der Waals surface area contributed by atoms with Gasteiger partial charge in [-0.1, -0.05) is 6.58 Å². The second kappa shape index (κ2) is 12.0. The lowest BCUT2D eigenvalue weighted by atomic mass is 9.91. The molecule has 1 heterocycles. The van der Waals surface area contributed by atoms with Crippen LogP contribution >= 0.6 is 0 Å². The van der Waals surface area contributed by atoms with Gasteiger partial charge in [0.15, 0.2) is 18.3 Å². The number of hydrogen-bond acceptors (Lipinski definition) is 11. The largest absolute Gasteiger partial charge is 0.463 e. The van der Waals surface area contributed by atoms with Gasteiger partial charge in [-0.25, -0.2) is 4.79 Å². The average Bonchev–Trinajstić information content (AvgIpc) is 2.63. The summed E-state index contributed by atoms with van der Waals surface area (Å²) in [6.07, 6.45) is -6.07. The van der Waals surface area contributed by atoms with Gasteiger partial charge < -0.3 is 28.4 Å². The Hall–Kier alpha value is -2.95. The van der Waals surface area contributed by atoms with Crippen molar-refractivity contribution in [3.05, 3.63) is 12.2 Å². The highest BCUT2D eigenvalue weighted by Gasteiger charge is 2.52. The molecule has 0 aromatic carbocycles. The molecule has 0 amide bonds.